The van der Waals surface area contributed by atoms with Gasteiger partial charge in [0.1, 0.15) is 12.2 Å². The number of urea groups is 1. The zero-order valence-electron chi connectivity index (χ0n) is 17.3. The number of piperazine rings is 1. The highest BCUT2D eigenvalue weighted by atomic mass is 16.2. The van der Waals surface area contributed by atoms with Crippen LogP contribution in [-0.2, 0) is 13.6 Å². The third kappa shape index (κ3) is 5.07. The summed E-state index contributed by atoms with van der Waals surface area (Å²) in [4.78, 5) is 25.9. The van der Waals surface area contributed by atoms with E-state index in [1.807, 2.05) is 24.2 Å². The molecule has 0 radical (unpaired) electrons. The summed E-state index contributed by atoms with van der Waals surface area (Å²) >= 11 is 0. The molecule has 0 spiro atoms. The lowest BCUT2D eigenvalue weighted by molar-refractivity contribution is 0.131. The van der Waals surface area contributed by atoms with Crippen LogP contribution < -0.4 is 5.32 Å². The minimum Gasteiger partial charge on any atom is -0.328 e. The van der Waals surface area contributed by atoms with Gasteiger partial charge in [0, 0.05) is 46.0 Å². The van der Waals surface area contributed by atoms with Crippen molar-refractivity contribution in [3.05, 3.63) is 41.7 Å². The molecular formula is C20H31N7O. The highest BCUT2D eigenvalue weighted by Gasteiger charge is 2.26. The fourth-order valence-electron chi connectivity index (χ4n) is 3.57. The van der Waals surface area contributed by atoms with E-state index in [1.54, 1.807) is 4.68 Å². The van der Waals surface area contributed by atoms with Gasteiger partial charge in [0.25, 0.3) is 0 Å². The van der Waals surface area contributed by atoms with Gasteiger partial charge in [-0.05, 0) is 30.9 Å². The third-order valence-electron chi connectivity index (χ3n) is 5.21. The fourth-order valence-corrected chi connectivity index (χ4v) is 3.57. The van der Waals surface area contributed by atoms with Gasteiger partial charge < -0.3 is 10.2 Å². The van der Waals surface area contributed by atoms with E-state index in [0.717, 1.165) is 37.6 Å². The number of pyridine rings is 1. The Bertz CT molecular complexity index is 780. The minimum absolute atomic E-state index is 0.0256. The number of amides is 2. The molecule has 0 saturated carbocycles. The molecule has 1 saturated heterocycles. The van der Waals surface area contributed by atoms with E-state index in [4.69, 9.17) is 0 Å². The quantitative estimate of drug-likeness (QED) is 0.824. The minimum atomic E-state index is -0.130. The van der Waals surface area contributed by atoms with Crippen molar-refractivity contribution in [3.63, 3.8) is 0 Å². The number of nitrogens with zero attached hydrogens (tertiary/aromatic N) is 6. The second-order valence-electron chi connectivity index (χ2n) is 7.90. The normalized spacial score (nSPS) is 16.4. The molecule has 0 unspecified atom stereocenters. The number of rotatable bonds is 6. The van der Waals surface area contributed by atoms with Crippen molar-refractivity contribution in [2.24, 2.45) is 13.0 Å². The van der Waals surface area contributed by atoms with Crippen LogP contribution in [0.1, 0.15) is 43.4 Å². The van der Waals surface area contributed by atoms with Crippen molar-refractivity contribution in [2.45, 2.75) is 39.8 Å². The maximum Gasteiger partial charge on any atom is 0.318 e. The SMILES string of the molecule is Cc1cccnc1CN1CCN(C(=O)N[C@H](CC(C)C)c2ncnn2C)CC1. The molecule has 2 aromatic rings. The average Bonchev–Trinajstić information content (AvgIpc) is 3.09. The van der Waals surface area contributed by atoms with Crippen molar-refractivity contribution in [1.29, 1.82) is 0 Å². The molecule has 8 heteroatoms. The van der Waals surface area contributed by atoms with E-state index >= 15 is 0 Å². The third-order valence-corrected chi connectivity index (χ3v) is 5.21. The summed E-state index contributed by atoms with van der Waals surface area (Å²) in [5.41, 5.74) is 2.32. The molecule has 152 valence electrons. The number of hydrogen-bond donors (Lipinski definition) is 1. The first-order valence-electron chi connectivity index (χ1n) is 9.96. The van der Waals surface area contributed by atoms with Crippen LogP contribution in [0.15, 0.2) is 24.7 Å². The van der Waals surface area contributed by atoms with Crippen LogP contribution in [0.25, 0.3) is 0 Å². The summed E-state index contributed by atoms with van der Waals surface area (Å²) in [5.74, 6) is 1.24. The fraction of sp³-hybridized carbons (Fsp3) is 0.600. The summed E-state index contributed by atoms with van der Waals surface area (Å²) in [7, 11) is 1.86. The zero-order valence-corrected chi connectivity index (χ0v) is 17.3. The van der Waals surface area contributed by atoms with Crippen molar-refractivity contribution >= 4 is 6.03 Å². The highest BCUT2D eigenvalue weighted by Crippen LogP contribution is 2.19. The Balaban J connectivity index is 1.55. The van der Waals surface area contributed by atoms with Crippen LogP contribution in [0.5, 0.6) is 0 Å². The predicted octanol–water partition coefficient (Wildman–Crippen LogP) is 2.13. The lowest BCUT2D eigenvalue weighted by Crippen LogP contribution is -2.52. The number of aryl methyl sites for hydroxylation is 2. The first kappa shape index (κ1) is 20.3. The standard InChI is InChI=1S/C20H31N7O/c1-15(2)12-17(19-22-14-23-25(19)4)24-20(28)27-10-8-26(9-11-27)13-18-16(3)6-5-7-21-18/h5-7,14-15,17H,8-13H2,1-4H3,(H,24,28)/t17-/m1/s1. The average molecular weight is 386 g/mol. The summed E-state index contributed by atoms with van der Waals surface area (Å²) < 4.78 is 1.74. The molecule has 1 aliphatic heterocycles. The topological polar surface area (TPSA) is 79.2 Å². The van der Waals surface area contributed by atoms with E-state index in [1.165, 1.54) is 11.9 Å². The van der Waals surface area contributed by atoms with Gasteiger partial charge in [-0.2, -0.15) is 5.10 Å². The van der Waals surface area contributed by atoms with Crippen molar-refractivity contribution < 1.29 is 4.79 Å². The number of hydrogen-bond acceptors (Lipinski definition) is 5. The van der Waals surface area contributed by atoms with Gasteiger partial charge in [0.05, 0.1) is 11.7 Å². The lowest BCUT2D eigenvalue weighted by Gasteiger charge is -2.35. The van der Waals surface area contributed by atoms with Crippen LogP contribution in [0.4, 0.5) is 4.79 Å². The molecule has 2 amide bonds. The monoisotopic (exact) mass is 385 g/mol. The molecule has 3 heterocycles. The van der Waals surface area contributed by atoms with Crippen LogP contribution >= 0.6 is 0 Å². The Labute approximate surface area is 167 Å². The van der Waals surface area contributed by atoms with E-state index in [0.29, 0.717) is 19.0 Å². The van der Waals surface area contributed by atoms with Crippen molar-refractivity contribution in [1.82, 2.24) is 34.9 Å². The van der Waals surface area contributed by atoms with Gasteiger partial charge in [-0.3, -0.25) is 14.6 Å². The Kier molecular flexibility index (Phi) is 6.61. The number of nitrogens with one attached hydrogen (secondary N) is 1. The summed E-state index contributed by atoms with van der Waals surface area (Å²) in [6.45, 7) is 10.3. The summed E-state index contributed by atoms with van der Waals surface area (Å²) in [6.07, 6.45) is 4.21. The maximum atomic E-state index is 12.8. The molecule has 1 fully saturated rings. The summed E-state index contributed by atoms with van der Waals surface area (Å²) in [5, 5.41) is 7.32. The first-order chi connectivity index (χ1) is 13.4. The number of carbonyl (C=O) groups is 1. The Morgan fingerprint density at radius 1 is 1.21 bits per heavy atom. The van der Waals surface area contributed by atoms with Gasteiger partial charge in [0.2, 0.25) is 0 Å². The lowest BCUT2D eigenvalue weighted by atomic mass is 10.0. The van der Waals surface area contributed by atoms with Gasteiger partial charge in [-0.15, -0.1) is 0 Å². The van der Waals surface area contributed by atoms with Crippen LogP contribution in [0.3, 0.4) is 0 Å². The van der Waals surface area contributed by atoms with E-state index < -0.39 is 0 Å². The van der Waals surface area contributed by atoms with Crippen LogP contribution in [0, 0.1) is 12.8 Å². The van der Waals surface area contributed by atoms with Gasteiger partial charge in [0.15, 0.2) is 0 Å². The van der Waals surface area contributed by atoms with E-state index in [9.17, 15) is 4.79 Å². The Morgan fingerprint density at radius 3 is 2.57 bits per heavy atom. The first-order valence-corrected chi connectivity index (χ1v) is 9.96. The molecule has 3 rings (SSSR count). The second kappa shape index (κ2) is 9.14. The van der Waals surface area contributed by atoms with Crippen molar-refractivity contribution in [3.8, 4) is 0 Å². The molecular weight excluding hydrogens is 354 g/mol. The van der Waals surface area contributed by atoms with E-state index in [2.05, 4.69) is 52.1 Å². The molecule has 1 atom stereocenters. The Hall–Kier alpha value is -2.48. The molecule has 0 aromatic carbocycles. The molecule has 0 bridgehead atoms. The molecule has 8 nitrogen and oxygen atoms in total. The zero-order chi connectivity index (χ0) is 20.1. The van der Waals surface area contributed by atoms with Crippen LogP contribution in [0.2, 0.25) is 0 Å². The number of aromatic nitrogens is 4. The second-order valence-corrected chi connectivity index (χ2v) is 7.90. The predicted molar refractivity (Wildman–Crippen MR) is 108 cm³/mol. The smallest absolute Gasteiger partial charge is 0.318 e. The van der Waals surface area contributed by atoms with Gasteiger partial charge in [-0.25, -0.2) is 9.78 Å². The number of carbonyl (C=O) groups excluding carboxylic acids is 1. The maximum absolute atomic E-state index is 12.8. The molecule has 1 aliphatic rings. The van der Waals surface area contributed by atoms with Crippen molar-refractivity contribution in [2.75, 3.05) is 26.2 Å². The largest absolute Gasteiger partial charge is 0.328 e. The summed E-state index contributed by atoms with van der Waals surface area (Å²) in [6, 6.07) is 3.90. The molecule has 2 aromatic heterocycles. The molecule has 0 aliphatic carbocycles. The van der Waals surface area contributed by atoms with E-state index in [-0.39, 0.29) is 12.1 Å². The van der Waals surface area contributed by atoms with Gasteiger partial charge in [-0.1, -0.05) is 19.9 Å². The molecule has 1 N–H and O–H groups in total. The highest BCUT2D eigenvalue weighted by molar-refractivity contribution is 5.74. The van der Waals surface area contributed by atoms with Gasteiger partial charge >= 0.3 is 6.03 Å². The van der Waals surface area contributed by atoms with Crippen LogP contribution in [-0.4, -0.2) is 61.8 Å². The molecule has 28 heavy (non-hydrogen) atoms. The Morgan fingerprint density at radius 2 is 1.96 bits per heavy atom.